The summed E-state index contributed by atoms with van der Waals surface area (Å²) >= 11 is 1.15. The van der Waals surface area contributed by atoms with Crippen molar-refractivity contribution in [2.24, 2.45) is 0 Å². The molecule has 0 amide bonds. The molecule has 0 unspecified atom stereocenters. The fourth-order valence-electron chi connectivity index (χ4n) is 1.78. The van der Waals surface area contributed by atoms with Gasteiger partial charge in [-0.3, -0.25) is 0 Å². The molecule has 1 aliphatic carbocycles. The summed E-state index contributed by atoms with van der Waals surface area (Å²) in [5, 5.41) is 9.70. The van der Waals surface area contributed by atoms with E-state index in [0.29, 0.717) is 23.3 Å². The van der Waals surface area contributed by atoms with E-state index in [1.54, 1.807) is 25.3 Å². The number of rotatable bonds is 5. The fourth-order valence-corrected chi connectivity index (χ4v) is 4.21. The molecule has 0 spiro atoms. The zero-order valence-corrected chi connectivity index (χ0v) is 12.8. The van der Waals surface area contributed by atoms with Crippen molar-refractivity contribution >= 4 is 21.4 Å². The summed E-state index contributed by atoms with van der Waals surface area (Å²) in [6, 6.07) is 1.43. The van der Waals surface area contributed by atoms with Crippen molar-refractivity contribution in [1.82, 2.24) is 14.9 Å². The molecule has 1 saturated carbocycles. The third-order valence-electron chi connectivity index (χ3n) is 2.85. The standard InChI is InChI=1S/C12H15N3O3S2/c1-7(2)15-20(16,17)10-5-9(6-19-10)12-14-13-11(18-12)8-3-4-8/h5-8,15H,3-4H2,1-2H3. The van der Waals surface area contributed by atoms with E-state index in [1.165, 1.54) is 0 Å². The zero-order chi connectivity index (χ0) is 14.3. The molecule has 0 bridgehead atoms. The Morgan fingerprint density at radius 3 is 2.80 bits per heavy atom. The number of nitrogens with zero attached hydrogens (tertiary/aromatic N) is 2. The third kappa shape index (κ3) is 2.77. The summed E-state index contributed by atoms with van der Waals surface area (Å²) in [7, 11) is -3.47. The van der Waals surface area contributed by atoms with Crippen molar-refractivity contribution in [2.75, 3.05) is 0 Å². The maximum atomic E-state index is 12.0. The van der Waals surface area contributed by atoms with E-state index in [1.807, 2.05) is 0 Å². The maximum absolute atomic E-state index is 12.0. The first-order valence-corrected chi connectivity index (χ1v) is 8.76. The predicted molar refractivity (Wildman–Crippen MR) is 75.0 cm³/mol. The van der Waals surface area contributed by atoms with E-state index in [9.17, 15) is 8.42 Å². The van der Waals surface area contributed by atoms with Crippen LogP contribution in [0.5, 0.6) is 0 Å². The summed E-state index contributed by atoms with van der Waals surface area (Å²) < 4.78 is 32.5. The molecule has 0 aliphatic heterocycles. The summed E-state index contributed by atoms with van der Waals surface area (Å²) in [5.41, 5.74) is 0.651. The van der Waals surface area contributed by atoms with Crippen LogP contribution in [-0.4, -0.2) is 24.7 Å². The number of thiophene rings is 1. The zero-order valence-electron chi connectivity index (χ0n) is 11.2. The van der Waals surface area contributed by atoms with E-state index >= 15 is 0 Å². The van der Waals surface area contributed by atoms with Crippen LogP contribution in [0.1, 0.15) is 38.5 Å². The highest BCUT2D eigenvalue weighted by molar-refractivity contribution is 7.91. The van der Waals surface area contributed by atoms with Gasteiger partial charge in [0.2, 0.25) is 21.8 Å². The van der Waals surface area contributed by atoms with Gasteiger partial charge in [0.05, 0.1) is 5.56 Å². The van der Waals surface area contributed by atoms with E-state index in [0.717, 1.165) is 24.2 Å². The second kappa shape index (κ2) is 4.94. The minimum absolute atomic E-state index is 0.143. The lowest BCUT2D eigenvalue weighted by Crippen LogP contribution is -2.29. The average Bonchev–Trinajstić information content (AvgIpc) is 2.91. The second-order valence-electron chi connectivity index (χ2n) is 5.15. The molecule has 0 radical (unpaired) electrons. The smallest absolute Gasteiger partial charge is 0.250 e. The van der Waals surface area contributed by atoms with E-state index in [2.05, 4.69) is 14.9 Å². The van der Waals surface area contributed by atoms with E-state index < -0.39 is 10.0 Å². The van der Waals surface area contributed by atoms with Gasteiger partial charge in [-0.1, -0.05) is 0 Å². The summed E-state index contributed by atoms with van der Waals surface area (Å²) in [6.07, 6.45) is 2.17. The molecular formula is C12H15N3O3S2. The van der Waals surface area contributed by atoms with Crippen LogP contribution in [-0.2, 0) is 10.0 Å². The van der Waals surface area contributed by atoms with Crippen LogP contribution in [0.15, 0.2) is 20.1 Å². The first-order valence-electron chi connectivity index (χ1n) is 6.40. The molecule has 1 aliphatic rings. The number of aromatic nitrogens is 2. The van der Waals surface area contributed by atoms with Gasteiger partial charge in [-0.15, -0.1) is 21.5 Å². The fraction of sp³-hybridized carbons (Fsp3) is 0.500. The Morgan fingerprint density at radius 2 is 2.15 bits per heavy atom. The minimum atomic E-state index is -3.47. The van der Waals surface area contributed by atoms with Gasteiger partial charge in [-0.2, -0.15) is 0 Å². The maximum Gasteiger partial charge on any atom is 0.250 e. The summed E-state index contributed by atoms with van der Waals surface area (Å²) in [5.74, 6) is 1.42. The lowest BCUT2D eigenvalue weighted by molar-refractivity contribution is 0.508. The molecule has 8 heteroatoms. The monoisotopic (exact) mass is 313 g/mol. The number of hydrogen-bond donors (Lipinski definition) is 1. The average molecular weight is 313 g/mol. The second-order valence-corrected chi connectivity index (χ2v) is 8.00. The van der Waals surface area contributed by atoms with Gasteiger partial charge < -0.3 is 4.42 Å². The molecule has 108 valence electrons. The molecule has 20 heavy (non-hydrogen) atoms. The van der Waals surface area contributed by atoms with Crippen LogP contribution in [0.25, 0.3) is 11.5 Å². The third-order valence-corrected chi connectivity index (χ3v) is 5.94. The Labute approximate surface area is 121 Å². The predicted octanol–water partition coefficient (Wildman–Crippen LogP) is 2.36. The van der Waals surface area contributed by atoms with Crippen molar-refractivity contribution in [3.8, 4) is 11.5 Å². The molecule has 1 N–H and O–H groups in total. The van der Waals surface area contributed by atoms with Crippen molar-refractivity contribution in [3.05, 3.63) is 17.3 Å². The van der Waals surface area contributed by atoms with Gasteiger partial charge >= 0.3 is 0 Å². The highest BCUT2D eigenvalue weighted by atomic mass is 32.2. The molecule has 2 aromatic rings. The van der Waals surface area contributed by atoms with Crippen LogP contribution in [0.2, 0.25) is 0 Å². The van der Waals surface area contributed by atoms with Gasteiger partial charge in [0.1, 0.15) is 4.21 Å². The lowest BCUT2D eigenvalue weighted by Gasteiger charge is -2.06. The van der Waals surface area contributed by atoms with Crippen LogP contribution < -0.4 is 4.72 Å². The van der Waals surface area contributed by atoms with Crippen molar-refractivity contribution < 1.29 is 12.8 Å². The number of sulfonamides is 1. The number of nitrogens with one attached hydrogen (secondary N) is 1. The van der Waals surface area contributed by atoms with Crippen molar-refractivity contribution in [3.63, 3.8) is 0 Å². The molecule has 0 saturated heterocycles. The quantitative estimate of drug-likeness (QED) is 0.916. The molecule has 0 atom stereocenters. The Morgan fingerprint density at radius 1 is 1.40 bits per heavy atom. The molecule has 2 aromatic heterocycles. The normalized spacial score (nSPS) is 15.9. The van der Waals surface area contributed by atoms with Crippen molar-refractivity contribution in [2.45, 2.75) is 42.9 Å². The Hall–Kier alpha value is -1.25. The van der Waals surface area contributed by atoms with Crippen LogP contribution in [0.3, 0.4) is 0 Å². The van der Waals surface area contributed by atoms with Crippen LogP contribution in [0, 0.1) is 0 Å². The number of hydrogen-bond acceptors (Lipinski definition) is 6. The molecule has 0 aromatic carbocycles. The molecule has 1 fully saturated rings. The van der Waals surface area contributed by atoms with Gasteiger partial charge in [0.25, 0.3) is 0 Å². The lowest BCUT2D eigenvalue weighted by atomic mass is 10.3. The molecule has 2 heterocycles. The first-order chi connectivity index (χ1) is 9.45. The molecule has 3 rings (SSSR count). The molecular weight excluding hydrogens is 298 g/mol. The molecule has 6 nitrogen and oxygen atoms in total. The Balaban J connectivity index is 1.85. The van der Waals surface area contributed by atoms with Crippen molar-refractivity contribution in [1.29, 1.82) is 0 Å². The Kier molecular flexibility index (Phi) is 3.39. The highest BCUT2D eigenvalue weighted by Crippen LogP contribution is 2.40. The summed E-state index contributed by atoms with van der Waals surface area (Å²) in [6.45, 7) is 3.57. The van der Waals surface area contributed by atoms with Crippen LogP contribution >= 0.6 is 11.3 Å². The van der Waals surface area contributed by atoms with Gasteiger partial charge in [-0.25, -0.2) is 13.1 Å². The summed E-state index contributed by atoms with van der Waals surface area (Å²) in [4.78, 5) is 0. The van der Waals surface area contributed by atoms with E-state index in [-0.39, 0.29) is 10.3 Å². The topological polar surface area (TPSA) is 85.1 Å². The van der Waals surface area contributed by atoms with E-state index in [4.69, 9.17) is 4.42 Å². The van der Waals surface area contributed by atoms with Gasteiger partial charge in [-0.05, 0) is 32.8 Å². The van der Waals surface area contributed by atoms with Gasteiger partial charge in [0.15, 0.2) is 0 Å². The Bertz CT molecular complexity index is 714. The van der Waals surface area contributed by atoms with Gasteiger partial charge in [0, 0.05) is 17.3 Å². The van der Waals surface area contributed by atoms with Crippen LogP contribution in [0.4, 0.5) is 0 Å². The largest absolute Gasteiger partial charge is 0.420 e. The SMILES string of the molecule is CC(C)NS(=O)(=O)c1cc(-c2nnc(C3CC3)o2)cs1. The first kappa shape index (κ1) is 13.7. The minimum Gasteiger partial charge on any atom is -0.420 e. The highest BCUT2D eigenvalue weighted by Gasteiger charge is 2.30.